The number of esters is 1. The van der Waals surface area contributed by atoms with E-state index in [0.29, 0.717) is 32.7 Å². The van der Waals surface area contributed by atoms with Gasteiger partial charge in [-0.15, -0.1) is 0 Å². The normalized spacial score (nSPS) is 14.6. The Bertz CT molecular complexity index is 973. The zero-order valence-corrected chi connectivity index (χ0v) is 17.1. The Hall–Kier alpha value is -2.50. The van der Waals surface area contributed by atoms with Gasteiger partial charge in [0.1, 0.15) is 17.1 Å². The summed E-state index contributed by atoms with van der Waals surface area (Å²) in [6, 6.07) is 9.86. The third-order valence-corrected chi connectivity index (χ3v) is 4.52. The average Bonchev–Trinajstić information content (AvgIpc) is 2.91. The second-order valence-electron chi connectivity index (χ2n) is 7.12. The van der Waals surface area contributed by atoms with E-state index < -0.39 is 11.6 Å². The van der Waals surface area contributed by atoms with Crippen LogP contribution in [0.3, 0.4) is 0 Å². The Morgan fingerprint density at radius 3 is 2.64 bits per heavy atom. The van der Waals surface area contributed by atoms with Crippen LogP contribution in [0.1, 0.15) is 36.7 Å². The zero-order chi connectivity index (χ0) is 20.5. The summed E-state index contributed by atoms with van der Waals surface area (Å²) in [5.41, 5.74) is 0.385. The molecule has 1 aliphatic heterocycles. The van der Waals surface area contributed by atoms with Crippen LogP contribution in [0.5, 0.6) is 11.5 Å². The minimum atomic E-state index is -0.588. The van der Waals surface area contributed by atoms with Gasteiger partial charge in [0.25, 0.3) is 0 Å². The van der Waals surface area contributed by atoms with Gasteiger partial charge in [0, 0.05) is 6.07 Å². The quantitative estimate of drug-likeness (QED) is 0.493. The Balaban J connectivity index is 1.74. The highest BCUT2D eigenvalue weighted by molar-refractivity contribution is 6.43. The van der Waals surface area contributed by atoms with E-state index in [1.54, 1.807) is 57.2 Å². The van der Waals surface area contributed by atoms with Gasteiger partial charge in [0.05, 0.1) is 15.6 Å². The van der Waals surface area contributed by atoms with Crippen LogP contribution in [0, 0.1) is 0 Å². The first kappa shape index (κ1) is 20.2. The van der Waals surface area contributed by atoms with Gasteiger partial charge >= 0.3 is 5.97 Å². The number of hydrogen-bond donors (Lipinski definition) is 0. The summed E-state index contributed by atoms with van der Waals surface area (Å²) < 4.78 is 16.3. The van der Waals surface area contributed by atoms with E-state index in [0.717, 1.165) is 0 Å². The van der Waals surface area contributed by atoms with Crippen molar-refractivity contribution in [2.24, 2.45) is 0 Å². The number of carbonyl (C=O) groups excluding carboxylic acids is 2. The predicted octanol–water partition coefficient (Wildman–Crippen LogP) is 5.33. The third kappa shape index (κ3) is 4.66. The molecule has 0 aliphatic carbocycles. The number of carbonyl (C=O) groups is 2. The molecule has 0 saturated heterocycles. The predicted molar refractivity (Wildman–Crippen MR) is 107 cm³/mol. The van der Waals surface area contributed by atoms with Crippen molar-refractivity contribution in [1.29, 1.82) is 0 Å². The smallest absolute Gasteiger partial charge is 0.344 e. The molecule has 1 aliphatic rings. The number of benzene rings is 2. The fraction of sp³-hybridized carbons (Fsp3) is 0.238. The first-order valence-corrected chi connectivity index (χ1v) is 9.26. The molecule has 0 fully saturated rings. The van der Waals surface area contributed by atoms with Crippen LogP contribution >= 0.6 is 23.2 Å². The van der Waals surface area contributed by atoms with Crippen LogP contribution in [0.25, 0.3) is 6.08 Å². The lowest BCUT2D eigenvalue weighted by atomic mass is 10.1. The van der Waals surface area contributed by atoms with Crippen molar-refractivity contribution < 1.29 is 23.8 Å². The molecule has 0 N–H and O–H groups in total. The van der Waals surface area contributed by atoms with Crippen LogP contribution < -0.4 is 9.47 Å². The Morgan fingerprint density at radius 1 is 1.18 bits per heavy atom. The highest BCUT2D eigenvalue weighted by Crippen LogP contribution is 2.36. The lowest BCUT2D eigenvalue weighted by Gasteiger charge is -2.19. The molecule has 5 nitrogen and oxygen atoms in total. The summed E-state index contributed by atoms with van der Waals surface area (Å²) >= 11 is 12.2. The maximum absolute atomic E-state index is 12.5. The van der Waals surface area contributed by atoms with Crippen LogP contribution in [-0.2, 0) is 9.53 Å². The summed E-state index contributed by atoms with van der Waals surface area (Å²) in [7, 11) is 0. The molecule has 0 amide bonds. The minimum Gasteiger partial charge on any atom is -0.482 e. The maximum Gasteiger partial charge on any atom is 0.344 e. The van der Waals surface area contributed by atoms with Crippen molar-refractivity contribution in [2.75, 3.05) is 6.61 Å². The van der Waals surface area contributed by atoms with Crippen molar-refractivity contribution >= 4 is 41.0 Å². The Kier molecular flexibility index (Phi) is 5.68. The molecule has 146 valence electrons. The van der Waals surface area contributed by atoms with Crippen LogP contribution in [0.4, 0.5) is 0 Å². The lowest BCUT2D eigenvalue weighted by Crippen LogP contribution is -2.27. The first-order valence-electron chi connectivity index (χ1n) is 8.51. The largest absolute Gasteiger partial charge is 0.482 e. The van der Waals surface area contributed by atoms with Gasteiger partial charge < -0.3 is 14.2 Å². The third-order valence-electron chi connectivity index (χ3n) is 3.69. The minimum absolute atomic E-state index is 0.128. The molecule has 1 heterocycles. The molecule has 2 aromatic rings. The van der Waals surface area contributed by atoms with Gasteiger partial charge in [-0.05, 0) is 50.6 Å². The molecule has 28 heavy (non-hydrogen) atoms. The Labute approximate surface area is 172 Å². The van der Waals surface area contributed by atoms with E-state index in [1.807, 2.05) is 0 Å². The number of ether oxygens (including phenoxy) is 3. The van der Waals surface area contributed by atoms with E-state index in [9.17, 15) is 9.59 Å². The fourth-order valence-electron chi connectivity index (χ4n) is 2.54. The lowest BCUT2D eigenvalue weighted by molar-refractivity contribution is -0.157. The molecule has 0 spiro atoms. The van der Waals surface area contributed by atoms with Gasteiger partial charge in [-0.2, -0.15) is 0 Å². The van der Waals surface area contributed by atoms with Crippen LogP contribution in [0.15, 0.2) is 42.2 Å². The number of fused-ring (bicyclic) bond motifs is 1. The second kappa shape index (κ2) is 7.86. The molecule has 2 aromatic carbocycles. The SMILES string of the molecule is CC(C)(C)OC(=O)COc1ccc2c(c1)O/C(=C\c1cccc(Cl)c1Cl)C2=O. The summed E-state index contributed by atoms with van der Waals surface area (Å²) in [6.45, 7) is 5.09. The number of Topliss-reactive ketones (excluding diaryl/α,β-unsaturated/α-hetero) is 1. The van der Waals surface area contributed by atoms with Gasteiger partial charge in [0.15, 0.2) is 12.4 Å². The number of halogens is 2. The zero-order valence-electron chi connectivity index (χ0n) is 15.5. The van der Waals surface area contributed by atoms with E-state index in [4.69, 9.17) is 37.4 Å². The van der Waals surface area contributed by atoms with Crippen molar-refractivity contribution in [2.45, 2.75) is 26.4 Å². The highest BCUT2D eigenvalue weighted by Gasteiger charge is 2.28. The van der Waals surface area contributed by atoms with Crippen molar-refractivity contribution in [3.8, 4) is 11.5 Å². The molecule has 7 heteroatoms. The number of hydrogen-bond acceptors (Lipinski definition) is 5. The van der Waals surface area contributed by atoms with Crippen molar-refractivity contribution in [1.82, 2.24) is 0 Å². The van der Waals surface area contributed by atoms with Gasteiger partial charge in [-0.25, -0.2) is 4.79 Å². The average molecular weight is 421 g/mol. The molecule has 0 aromatic heterocycles. The topological polar surface area (TPSA) is 61.8 Å². The molecule has 0 radical (unpaired) electrons. The second-order valence-corrected chi connectivity index (χ2v) is 7.90. The first-order chi connectivity index (χ1) is 13.1. The molecule has 0 saturated carbocycles. The van der Waals surface area contributed by atoms with Gasteiger partial charge in [-0.1, -0.05) is 35.3 Å². The molecular weight excluding hydrogens is 403 g/mol. The van der Waals surface area contributed by atoms with Crippen molar-refractivity contribution in [3.05, 3.63) is 63.3 Å². The maximum atomic E-state index is 12.5. The van der Waals surface area contributed by atoms with E-state index in [1.165, 1.54) is 6.08 Å². The molecule has 0 unspecified atom stereocenters. The fourth-order valence-corrected chi connectivity index (χ4v) is 2.91. The highest BCUT2D eigenvalue weighted by atomic mass is 35.5. The van der Waals surface area contributed by atoms with Crippen molar-refractivity contribution in [3.63, 3.8) is 0 Å². The number of ketones is 1. The van der Waals surface area contributed by atoms with Crippen LogP contribution in [-0.4, -0.2) is 24.0 Å². The van der Waals surface area contributed by atoms with E-state index >= 15 is 0 Å². The van der Waals surface area contributed by atoms with Gasteiger partial charge in [-0.3, -0.25) is 4.79 Å². The number of rotatable bonds is 4. The van der Waals surface area contributed by atoms with E-state index in [-0.39, 0.29) is 18.1 Å². The summed E-state index contributed by atoms with van der Waals surface area (Å²) in [6.07, 6.45) is 1.54. The summed E-state index contributed by atoms with van der Waals surface area (Å²) in [4.78, 5) is 24.3. The Morgan fingerprint density at radius 2 is 1.93 bits per heavy atom. The molecular formula is C21H18Cl2O5. The molecule has 0 atom stereocenters. The van der Waals surface area contributed by atoms with Gasteiger partial charge in [0.2, 0.25) is 5.78 Å². The standard InChI is InChI=1S/C21H18Cl2O5/c1-21(2,3)28-18(24)11-26-13-7-8-14-16(10-13)27-17(20(14)25)9-12-5-4-6-15(22)19(12)23/h4-10H,11H2,1-3H3/b17-9-. The molecule has 0 bridgehead atoms. The summed E-state index contributed by atoms with van der Waals surface area (Å²) in [5.74, 6) is 0.102. The summed E-state index contributed by atoms with van der Waals surface area (Å²) in [5, 5.41) is 0.724. The monoisotopic (exact) mass is 420 g/mol. The molecule has 3 rings (SSSR count). The van der Waals surface area contributed by atoms with E-state index in [2.05, 4.69) is 0 Å². The van der Waals surface area contributed by atoms with Crippen LogP contribution in [0.2, 0.25) is 10.0 Å². The number of allylic oxidation sites excluding steroid dienone is 1.